The van der Waals surface area contributed by atoms with Crippen LogP contribution in [0.25, 0.3) is 43.6 Å². The van der Waals surface area contributed by atoms with Crippen LogP contribution in [0.3, 0.4) is 0 Å². The average Bonchev–Trinajstić information content (AvgIpc) is 3.21. The molecule has 8 aromatic rings. The molecule has 4 aromatic carbocycles. The molecule has 0 radical (unpaired) electrons. The molecule has 0 aliphatic rings. The number of ether oxygens (including phenoxy) is 4. The van der Waals surface area contributed by atoms with Crippen molar-refractivity contribution >= 4 is 43.6 Å². The van der Waals surface area contributed by atoms with E-state index in [2.05, 4.69) is 15.0 Å². The Hall–Kier alpha value is -7.16. The van der Waals surface area contributed by atoms with E-state index in [1.165, 1.54) is 19.5 Å². The Labute approximate surface area is 324 Å². The largest absolute Gasteiger partial charge is 0.618 e. The Morgan fingerprint density at radius 1 is 0.518 bits per heavy atom. The Morgan fingerprint density at radius 3 is 1.62 bits per heavy atom. The van der Waals surface area contributed by atoms with Crippen LogP contribution in [-0.2, 0) is 0 Å². The van der Waals surface area contributed by atoms with E-state index < -0.39 is 0 Å². The second kappa shape index (κ2) is 22.1. The highest BCUT2D eigenvalue weighted by molar-refractivity contribution is 5.86. The lowest BCUT2D eigenvalue weighted by Crippen LogP contribution is -2.26. The number of methoxy groups -OCH3 is 4. The van der Waals surface area contributed by atoms with Crippen molar-refractivity contribution in [3.05, 3.63) is 133 Å². The molecule has 0 aliphatic heterocycles. The second-order valence-corrected chi connectivity index (χ2v) is 10.9. The number of para-hydroxylation sites is 4. The van der Waals surface area contributed by atoms with Gasteiger partial charge < -0.3 is 39.5 Å². The maximum atomic E-state index is 11.7. The number of phenols is 2. The van der Waals surface area contributed by atoms with Gasteiger partial charge in [-0.3, -0.25) is 15.5 Å². The summed E-state index contributed by atoms with van der Waals surface area (Å²) in [4.78, 5) is 12.2. The summed E-state index contributed by atoms with van der Waals surface area (Å²) in [6.45, 7) is 0. The molecule has 4 heterocycles. The maximum absolute atomic E-state index is 11.7. The molecule has 5 N–H and O–H groups in total. The van der Waals surface area contributed by atoms with Gasteiger partial charge in [0.1, 0.15) is 45.3 Å². The highest BCUT2D eigenvalue weighted by Gasteiger charge is 2.12. The first kappa shape index (κ1) is 45.0. The third-order valence-corrected chi connectivity index (χ3v) is 7.64. The fraction of sp³-hybridized carbons (Fsp3) is 0.143. The van der Waals surface area contributed by atoms with Crippen LogP contribution in [0.4, 0.5) is 0 Å². The first-order valence-corrected chi connectivity index (χ1v) is 16.0. The van der Waals surface area contributed by atoms with Crippen LogP contribution in [-0.4, -0.2) is 69.2 Å². The molecule has 8 rings (SSSR count). The number of aromatic nitrogens is 4. The van der Waals surface area contributed by atoms with Crippen molar-refractivity contribution in [2.24, 2.45) is 0 Å². The standard InChI is InChI=1S/C11H11NO3.C11H11NO2.C9H7NO2.C9H7NO.2CH4.H2O2/c1-14-9-6-8-4-3-5-10(15-2)11(8)12(13)7-9;1-13-9-6-8-4-3-5-10(14-2)11(8)12-7-9;11-7-4-6-2-1-3-8(12)9(6)10-5-7;11-8-5-1-3-7-4-2-6-10-9(7)8;;;1-2/h3-7H,1-2H3;3-7H,1-2H3;1-5,11-12H;1-6,11H;2*1H4;1-2H. The highest BCUT2D eigenvalue weighted by Crippen LogP contribution is 2.27. The van der Waals surface area contributed by atoms with Gasteiger partial charge in [0.05, 0.1) is 46.2 Å². The lowest BCUT2D eigenvalue weighted by Gasteiger charge is -2.07. The number of benzene rings is 4. The molecule has 0 atom stereocenters. The summed E-state index contributed by atoms with van der Waals surface area (Å²) in [7, 11) is 6.34. The van der Waals surface area contributed by atoms with Crippen LogP contribution in [0, 0.1) is 5.21 Å². The van der Waals surface area contributed by atoms with E-state index in [1.54, 1.807) is 82.3 Å². The topological polar surface area (TPSA) is 204 Å². The molecule has 294 valence electrons. The minimum Gasteiger partial charge on any atom is -0.618 e. The lowest BCUT2D eigenvalue weighted by atomic mass is 10.2. The van der Waals surface area contributed by atoms with Gasteiger partial charge in [0.25, 0.3) is 5.52 Å². The van der Waals surface area contributed by atoms with Crippen LogP contribution in [0.2, 0.25) is 0 Å². The van der Waals surface area contributed by atoms with Gasteiger partial charge in [0.15, 0.2) is 11.5 Å². The zero-order valence-corrected chi connectivity index (χ0v) is 29.7. The molecule has 56 heavy (non-hydrogen) atoms. The number of hydrogen-bond donors (Lipinski definition) is 5. The Kier molecular flexibility index (Phi) is 17.8. The summed E-state index contributed by atoms with van der Waals surface area (Å²) in [6, 6.07) is 30.7. The second-order valence-electron chi connectivity index (χ2n) is 10.9. The van der Waals surface area contributed by atoms with Gasteiger partial charge in [-0.1, -0.05) is 63.4 Å². The minimum absolute atomic E-state index is 0. The molecular formula is C42H46N4O10. The van der Waals surface area contributed by atoms with E-state index in [0.29, 0.717) is 28.0 Å². The Bertz CT molecular complexity index is 2440. The predicted molar refractivity (Wildman–Crippen MR) is 218 cm³/mol. The molecule has 0 saturated heterocycles. The van der Waals surface area contributed by atoms with Gasteiger partial charge >= 0.3 is 0 Å². The van der Waals surface area contributed by atoms with Crippen molar-refractivity contribution in [3.63, 3.8) is 0 Å². The third-order valence-electron chi connectivity index (χ3n) is 7.64. The maximum Gasteiger partial charge on any atom is 0.266 e. The number of rotatable bonds is 4. The number of pyridine rings is 4. The zero-order chi connectivity index (χ0) is 39.0. The molecule has 0 bridgehead atoms. The van der Waals surface area contributed by atoms with Crippen LogP contribution in [0.1, 0.15) is 14.9 Å². The Balaban J connectivity index is 0.000000252. The summed E-state index contributed by atoms with van der Waals surface area (Å²) in [5, 5.41) is 54.9. The minimum atomic E-state index is 0. The van der Waals surface area contributed by atoms with Crippen LogP contribution in [0.15, 0.2) is 128 Å². The predicted octanol–water partition coefficient (Wildman–Crippen LogP) is 8.62. The van der Waals surface area contributed by atoms with Crippen molar-refractivity contribution in [2.45, 2.75) is 14.9 Å². The molecular weight excluding hydrogens is 720 g/mol. The number of hydrogen-bond acceptors (Lipinski definition) is 13. The third kappa shape index (κ3) is 11.2. The van der Waals surface area contributed by atoms with Crippen LogP contribution < -0.4 is 23.7 Å². The molecule has 0 saturated carbocycles. The lowest BCUT2D eigenvalue weighted by molar-refractivity contribution is -0.577. The first-order valence-electron chi connectivity index (χ1n) is 16.0. The number of aromatic hydroxyl groups is 3. The number of fused-ring (bicyclic) bond motifs is 4. The molecule has 0 amide bonds. The highest BCUT2D eigenvalue weighted by atomic mass is 17.0. The molecule has 0 aliphatic carbocycles. The molecule has 0 fully saturated rings. The summed E-state index contributed by atoms with van der Waals surface area (Å²) in [5.74, 6) is 3.11. The van der Waals surface area contributed by atoms with E-state index in [1.807, 2.05) is 54.6 Å². The molecule has 0 unspecified atom stereocenters. The number of phenolic OH excluding ortho intramolecular Hbond substituents is 2. The van der Waals surface area contributed by atoms with Crippen molar-refractivity contribution in [3.8, 4) is 40.2 Å². The van der Waals surface area contributed by atoms with Crippen LogP contribution in [0.5, 0.6) is 40.2 Å². The van der Waals surface area contributed by atoms with Gasteiger partial charge in [-0.2, -0.15) is 4.73 Å². The molecule has 4 aromatic heterocycles. The van der Waals surface area contributed by atoms with Crippen molar-refractivity contribution in [1.29, 1.82) is 0 Å². The van der Waals surface area contributed by atoms with E-state index >= 15 is 0 Å². The van der Waals surface area contributed by atoms with E-state index in [9.17, 15) is 15.4 Å². The summed E-state index contributed by atoms with van der Waals surface area (Å²) >= 11 is 0. The van der Waals surface area contributed by atoms with Gasteiger partial charge in [-0.05, 0) is 48.5 Å². The quantitative estimate of drug-likeness (QED) is 0.0493. The normalized spacial score (nSPS) is 9.61. The monoisotopic (exact) mass is 766 g/mol. The SMILES string of the molecule is C.C.COc1cc2cccc(OC)c2[n+]([O-])c1.COc1cnc2c(OC)cccc2c1.OO.Oc1cccc2cccnc12.Oc1cnc2c(O)cccc2c1. The van der Waals surface area contributed by atoms with Gasteiger partial charge in [0.2, 0.25) is 6.20 Å². The van der Waals surface area contributed by atoms with Crippen LogP contribution >= 0.6 is 0 Å². The summed E-state index contributed by atoms with van der Waals surface area (Å²) < 4.78 is 21.2. The van der Waals surface area contributed by atoms with Gasteiger partial charge in [-0.15, -0.1) is 0 Å². The fourth-order valence-corrected chi connectivity index (χ4v) is 5.15. The first-order chi connectivity index (χ1) is 26.3. The fourth-order valence-electron chi connectivity index (χ4n) is 5.15. The molecule has 14 heteroatoms. The van der Waals surface area contributed by atoms with Gasteiger partial charge in [0, 0.05) is 28.4 Å². The van der Waals surface area contributed by atoms with Crippen molar-refractivity contribution < 1.29 is 49.5 Å². The van der Waals surface area contributed by atoms with E-state index in [4.69, 9.17) is 34.6 Å². The molecule has 0 spiro atoms. The smallest absolute Gasteiger partial charge is 0.266 e. The summed E-state index contributed by atoms with van der Waals surface area (Å²) in [5.41, 5.74) is 2.54. The van der Waals surface area contributed by atoms with E-state index in [0.717, 1.165) is 43.3 Å². The van der Waals surface area contributed by atoms with Gasteiger partial charge in [-0.25, -0.2) is 9.97 Å². The van der Waals surface area contributed by atoms with Crippen molar-refractivity contribution in [2.75, 3.05) is 28.4 Å². The summed E-state index contributed by atoms with van der Waals surface area (Å²) in [6.07, 6.45) is 6.04. The average molecular weight is 767 g/mol. The number of nitrogens with zero attached hydrogens (tertiary/aromatic N) is 4. The van der Waals surface area contributed by atoms with Crippen molar-refractivity contribution in [1.82, 2.24) is 15.0 Å². The Morgan fingerprint density at radius 2 is 1.02 bits per heavy atom. The van der Waals surface area contributed by atoms with E-state index in [-0.39, 0.29) is 32.1 Å². The zero-order valence-electron chi connectivity index (χ0n) is 29.7. The molecule has 14 nitrogen and oxygen atoms in total.